The van der Waals surface area contributed by atoms with Gasteiger partial charge in [0.2, 0.25) is 0 Å². The van der Waals surface area contributed by atoms with Gasteiger partial charge in [-0.25, -0.2) is 9.97 Å². The molecule has 6 heteroatoms. The number of pyridine rings is 1. The Kier molecular flexibility index (Phi) is 7.45. The molecule has 0 radical (unpaired) electrons. The molecule has 3 heterocycles. The highest BCUT2D eigenvalue weighted by atomic mass is 16.5. The zero-order valence-electron chi connectivity index (χ0n) is 18.0. The Morgan fingerprint density at radius 1 is 0.933 bits per heavy atom. The van der Waals surface area contributed by atoms with E-state index in [1.165, 1.54) is 5.56 Å². The third kappa shape index (κ3) is 5.45. The quantitative estimate of drug-likeness (QED) is 0.483. The molecule has 3 aromatic rings. The van der Waals surface area contributed by atoms with Crippen LogP contribution in [0.2, 0.25) is 0 Å². The largest absolute Gasteiger partial charge is 0.380 e. The molecule has 0 aliphatic carbocycles. The smallest absolute Gasteiger partial charge is 0.160 e. The summed E-state index contributed by atoms with van der Waals surface area (Å²) in [5.41, 5.74) is 3.37. The van der Waals surface area contributed by atoms with Crippen LogP contribution in [0, 0.1) is 0 Å². The van der Waals surface area contributed by atoms with E-state index in [4.69, 9.17) is 9.72 Å². The van der Waals surface area contributed by atoms with Gasteiger partial charge in [0, 0.05) is 58.5 Å². The average molecular weight is 408 g/mol. The summed E-state index contributed by atoms with van der Waals surface area (Å²) in [5.74, 6) is 1.13. The van der Waals surface area contributed by atoms with Crippen LogP contribution in [0.25, 0.3) is 11.2 Å². The van der Waals surface area contributed by atoms with Crippen LogP contribution in [-0.4, -0.2) is 70.3 Å². The molecule has 1 saturated heterocycles. The van der Waals surface area contributed by atoms with Crippen LogP contribution in [0.5, 0.6) is 0 Å². The third-order valence-corrected chi connectivity index (χ3v) is 5.83. The summed E-state index contributed by atoms with van der Waals surface area (Å²) in [6.45, 7) is 11.1. The number of fused-ring (bicyclic) bond motifs is 1. The second-order valence-electron chi connectivity index (χ2n) is 7.93. The van der Waals surface area contributed by atoms with Crippen molar-refractivity contribution in [3.05, 3.63) is 60.0 Å². The van der Waals surface area contributed by atoms with Gasteiger partial charge in [-0.15, -0.1) is 0 Å². The number of nitrogens with zero attached hydrogens (tertiary/aromatic N) is 5. The fourth-order valence-corrected chi connectivity index (χ4v) is 4.20. The lowest BCUT2D eigenvalue weighted by atomic mass is 10.2. The number of benzene rings is 1. The van der Waals surface area contributed by atoms with Crippen molar-refractivity contribution < 1.29 is 4.74 Å². The Bertz CT molecular complexity index is 902. The molecule has 4 rings (SSSR count). The first-order valence-electron chi connectivity index (χ1n) is 11.2. The number of ether oxygens (including phenoxy) is 1. The minimum absolute atomic E-state index is 0.703. The number of rotatable bonds is 10. The van der Waals surface area contributed by atoms with Gasteiger partial charge in [0.15, 0.2) is 5.65 Å². The Hall–Kier alpha value is -2.28. The van der Waals surface area contributed by atoms with E-state index in [1.54, 1.807) is 0 Å². The molecule has 1 aromatic carbocycles. The van der Waals surface area contributed by atoms with E-state index < -0.39 is 0 Å². The van der Waals surface area contributed by atoms with Crippen LogP contribution < -0.4 is 0 Å². The standard InChI is InChI=1S/C24H33N5O/c1-2-30-19-18-29-23(26-22-10-6-12-25-24(22)29)11-7-13-27-14-16-28(17-15-27)20-21-8-4-3-5-9-21/h3-6,8-10,12H,2,7,11,13-20H2,1H3. The monoisotopic (exact) mass is 407 g/mol. The summed E-state index contributed by atoms with van der Waals surface area (Å²) >= 11 is 0. The molecule has 0 spiro atoms. The van der Waals surface area contributed by atoms with E-state index in [2.05, 4.69) is 55.7 Å². The number of aromatic nitrogens is 3. The average Bonchev–Trinajstić information content (AvgIpc) is 3.13. The maximum Gasteiger partial charge on any atom is 0.160 e. The molecular formula is C24H33N5O. The molecule has 1 aliphatic rings. The number of aryl methyl sites for hydroxylation is 1. The number of hydrogen-bond acceptors (Lipinski definition) is 5. The van der Waals surface area contributed by atoms with Gasteiger partial charge >= 0.3 is 0 Å². The molecule has 0 N–H and O–H groups in total. The highest BCUT2D eigenvalue weighted by molar-refractivity contribution is 5.71. The molecule has 0 amide bonds. The molecular weight excluding hydrogens is 374 g/mol. The Labute approximate surface area is 179 Å². The molecule has 0 atom stereocenters. The van der Waals surface area contributed by atoms with Crippen molar-refractivity contribution in [3.63, 3.8) is 0 Å². The third-order valence-electron chi connectivity index (χ3n) is 5.83. The van der Waals surface area contributed by atoms with Gasteiger partial charge in [-0.2, -0.15) is 0 Å². The number of imidazole rings is 1. The maximum absolute atomic E-state index is 5.57. The van der Waals surface area contributed by atoms with Gasteiger partial charge in [0.05, 0.1) is 6.61 Å². The molecule has 30 heavy (non-hydrogen) atoms. The van der Waals surface area contributed by atoms with Gasteiger partial charge < -0.3 is 14.2 Å². The lowest BCUT2D eigenvalue weighted by Gasteiger charge is -2.34. The normalized spacial score (nSPS) is 15.8. The highest BCUT2D eigenvalue weighted by Gasteiger charge is 2.17. The zero-order chi connectivity index (χ0) is 20.6. The lowest BCUT2D eigenvalue weighted by Crippen LogP contribution is -2.46. The van der Waals surface area contributed by atoms with Crippen molar-refractivity contribution in [1.82, 2.24) is 24.3 Å². The van der Waals surface area contributed by atoms with E-state index in [9.17, 15) is 0 Å². The van der Waals surface area contributed by atoms with Crippen molar-refractivity contribution in [2.75, 3.05) is 45.9 Å². The topological polar surface area (TPSA) is 46.4 Å². The molecule has 0 saturated carbocycles. The van der Waals surface area contributed by atoms with Crippen LogP contribution in [0.3, 0.4) is 0 Å². The van der Waals surface area contributed by atoms with Crippen molar-refractivity contribution in [2.45, 2.75) is 32.9 Å². The SMILES string of the molecule is CCOCCn1c(CCCN2CCN(Cc3ccccc3)CC2)nc2cccnc21. The fourth-order valence-electron chi connectivity index (χ4n) is 4.20. The summed E-state index contributed by atoms with van der Waals surface area (Å²) in [4.78, 5) is 14.6. The lowest BCUT2D eigenvalue weighted by molar-refractivity contribution is 0.126. The van der Waals surface area contributed by atoms with E-state index >= 15 is 0 Å². The molecule has 0 bridgehead atoms. The summed E-state index contributed by atoms with van der Waals surface area (Å²) in [6.07, 6.45) is 3.95. The van der Waals surface area contributed by atoms with Crippen LogP contribution in [-0.2, 0) is 24.2 Å². The Morgan fingerprint density at radius 2 is 1.73 bits per heavy atom. The highest BCUT2D eigenvalue weighted by Crippen LogP contribution is 2.16. The molecule has 1 aliphatic heterocycles. The van der Waals surface area contributed by atoms with Crippen LogP contribution in [0.1, 0.15) is 24.7 Å². The molecule has 6 nitrogen and oxygen atoms in total. The van der Waals surface area contributed by atoms with Crippen LogP contribution in [0.15, 0.2) is 48.7 Å². The van der Waals surface area contributed by atoms with Gasteiger partial charge in [0.1, 0.15) is 11.3 Å². The van der Waals surface area contributed by atoms with Gasteiger partial charge in [-0.3, -0.25) is 4.90 Å². The van der Waals surface area contributed by atoms with Gasteiger partial charge in [0.25, 0.3) is 0 Å². The second-order valence-corrected chi connectivity index (χ2v) is 7.93. The van der Waals surface area contributed by atoms with Crippen LogP contribution >= 0.6 is 0 Å². The number of hydrogen-bond donors (Lipinski definition) is 0. The Balaban J connectivity index is 1.26. The van der Waals surface area contributed by atoms with Gasteiger partial charge in [-0.05, 0) is 37.6 Å². The minimum Gasteiger partial charge on any atom is -0.380 e. The Morgan fingerprint density at radius 3 is 2.53 bits per heavy atom. The minimum atomic E-state index is 0.703. The van der Waals surface area contributed by atoms with Crippen molar-refractivity contribution in [3.8, 4) is 0 Å². The van der Waals surface area contributed by atoms with Crippen LogP contribution in [0.4, 0.5) is 0 Å². The van der Waals surface area contributed by atoms with E-state index in [0.29, 0.717) is 6.61 Å². The predicted octanol–water partition coefficient (Wildman–Crippen LogP) is 3.22. The first-order chi connectivity index (χ1) is 14.8. The zero-order valence-corrected chi connectivity index (χ0v) is 18.0. The first-order valence-corrected chi connectivity index (χ1v) is 11.2. The molecule has 160 valence electrons. The molecule has 1 fully saturated rings. The van der Waals surface area contributed by atoms with Crippen molar-refractivity contribution >= 4 is 11.2 Å². The van der Waals surface area contributed by atoms with E-state index in [1.807, 2.05) is 19.2 Å². The molecule has 0 unspecified atom stereocenters. The molecule has 2 aromatic heterocycles. The second kappa shape index (κ2) is 10.7. The van der Waals surface area contributed by atoms with Crippen molar-refractivity contribution in [1.29, 1.82) is 0 Å². The summed E-state index contributed by atoms with van der Waals surface area (Å²) < 4.78 is 7.81. The van der Waals surface area contributed by atoms with Gasteiger partial charge in [-0.1, -0.05) is 30.3 Å². The van der Waals surface area contributed by atoms with E-state index in [-0.39, 0.29) is 0 Å². The first kappa shape index (κ1) is 21.0. The fraction of sp³-hybridized carbons (Fsp3) is 0.500. The number of piperazine rings is 1. The summed E-state index contributed by atoms with van der Waals surface area (Å²) in [7, 11) is 0. The summed E-state index contributed by atoms with van der Waals surface area (Å²) in [6, 6.07) is 14.8. The maximum atomic E-state index is 5.57. The van der Waals surface area contributed by atoms with E-state index in [0.717, 1.165) is 82.3 Å². The summed E-state index contributed by atoms with van der Waals surface area (Å²) in [5, 5.41) is 0. The predicted molar refractivity (Wildman–Crippen MR) is 121 cm³/mol. The van der Waals surface area contributed by atoms with Crippen molar-refractivity contribution in [2.24, 2.45) is 0 Å².